The fourth-order valence-electron chi connectivity index (χ4n) is 3.03. The molecule has 1 N–H and O–H groups in total. The normalized spacial score (nSPS) is 33.3. The second-order valence-corrected chi connectivity index (χ2v) is 6.11. The number of hydrogen-bond acceptors (Lipinski definition) is 3. The summed E-state index contributed by atoms with van der Waals surface area (Å²) in [5.41, 5.74) is 0.301. The quantitative estimate of drug-likeness (QED) is 0.911. The Balaban J connectivity index is 2.05. The van der Waals surface area contributed by atoms with Gasteiger partial charge in [0, 0.05) is 31.5 Å². The van der Waals surface area contributed by atoms with Crippen molar-refractivity contribution in [2.24, 2.45) is 0 Å². The zero-order chi connectivity index (χ0) is 14.0. The van der Waals surface area contributed by atoms with Crippen molar-refractivity contribution in [2.45, 2.75) is 77.2 Å². The highest BCUT2D eigenvalue weighted by Crippen LogP contribution is 2.31. The van der Waals surface area contributed by atoms with Crippen molar-refractivity contribution >= 4 is 0 Å². The molecule has 1 fully saturated rings. The molecule has 0 amide bonds. The first-order valence-corrected chi connectivity index (χ1v) is 7.34. The summed E-state index contributed by atoms with van der Waals surface area (Å²) in [5.74, 6) is 0. The monoisotopic (exact) mass is 266 g/mol. The van der Waals surface area contributed by atoms with Crippen LogP contribution in [0.15, 0.2) is 12.3 Å². The summed E-state index contributed by atoms with van der Waals surface area (Å²) in [4.78, 5) is 0. The standard InChI is InChI=1S/C15H26N2O2/c1-5-11(2)17-7-6-14(16-17)10-15(18)8-12(3)19-13(4)9-15/h6-7,11-13,18H,5,8-10H2,1-4H3. The van der Waals surface area contributed by atoms with Crippen LogP contribution in [0.2, 0.25) is 0 Å². The van der Waals surface area contributed by atoms with E-state index < -0.39 is 5.60 Å². The van der Waals surface area contributed by atoms with Crippen LogP contribution in [-0.2, 0) is 11.2 Å². The van der Waals surface area contributed by atoms with Gasteiger partial charge >= 0.3 is 0 Å². The Bertz CT molecular complexity index is 406. The summed E-state index contributed by atoms with van der Waals surface area (Å²) < 4.78 is 7.69. The molecule has 0 bridgehead atoms. The molecule has 1 aliphatic heterocycles. The van der Waals surface area contributed by atoms with Gasteiger partial charge in [0.15, 0.2) is 0 Å². The minimum atomic E-state index is -0.675. The topological polar surface area (TPSA) is 47.3 Å². The molecule has 4 heteroatoms. The molecule has 3 atom stereocenters. The van der Waals surface area contributed by atoms with Crippen molar-refractivity contribution in [3.8, 4) is 0 Å². The molecule has 0 aromatic carbocycles. The Labute approximate surface area is 115 Å². The Morgan fingerprint density at radius 1 is 1.47 bits per heavy atom. The van der Waals surface area contributed by atoms with Gasteiger partial charge in [-0.3, -0.25) is 4.68 Å². The van der Waals surface area contributed by atoms with Gasteiger partial charge in [0.2, 0.25) is 0 Å². The van der Waals surface area contributed by atoms with Gasteiger partial charge in [0.05, 0.1) is 23.5 Å². The predicted molar refractivity (Wildman–Crippen MR) is 75.1 cm³/mol. The predicted octanol–water partition coefficient (Wildman–Crippen LogP) is 2.72. The Morgan fingerprint density at radius 2 is 2.11 bits per heavy atom. The third-order valence-electron chi connectivity index (χ3n) is 4.02. The molecular formula is C15H26N2O2. The highest BCUT2D eigenvalue weighted by Gasteiger charge is 2.37. The summed E-state index contributed by atoms with van der Waals surface area (Å²) in [6.07, 6.45) is 5.30. The van der Waals surface area contributed by atoms with E-state index >= 15 is 0 Å². The van der Waals surface area contributed by atoms with E-state index in [1.165, 1.54) is 0 Å². The van der Waals surface area contributed by atoms with E-state index in [9.17, 15) is 5.11 Å². The van der Waals surface area contributed by atoms with Gasteiger partial charge in [-0.25, -0.2) is 0 Å². The molecule has 2 heterocycles. The number of aromatic nitrogens is 2. The number of aliphatic hydroxyl groups is 1. The SMILES string of the molecule is CCC(C)n1ccc(CC2(O)CC(C)OC(C)C2)n1. The summed E-state index contributed by atoms with van der Waals surface area (Å²) in [5, 5.41) is 15.3. The van der Waals surface area contributed by atoms with Gasteiger partial charge in [-0.1, -0.05) is 6.92 Å². The summed E-state index contributed by atoms with van der Waals surface area (Å²) >= 11 is 0. The lowest BCUT2D eigenvalue weighted by Crippen LogP contribution is -2.45. The van der Waals surface area contributed by atoms with Crippen LogP contribution in [0.4, 0.5) is 0 Å². The molecule has 19 heavy (non-hydrogen) atoms. The molecule has 1 saturated heterocycles. The lowest BCUT2D eigenvalue weighted by Gasteiger charge is -2.38. The van der Waals surface area contributed by atoms with Crippen LogP contribution in [0.5, 0.6) is 0 Å². The maximum atomic E-state index is 10.7. The highest BCUT2D eigenvalue weighted by molar-refractivity contribution is 5.06. The average molecular weight is 266 g/mol. The Hall–Kier alpha value is -0.870. The molecule has 1 aliphatic rings. The van der Waals surface area contributed by atoms with Crippen molar-refractivity contribution in [2.75, 3.05) is 0 Å². The molecule has 0 aliphatic carbocycles. The van der Waals surface area contributed by atoms with E-state index in [4.69, 9.17) is 4.74 Å². The second kappa shape index (κ2) is 5.63. The van der Waals surface area contributed by atoms with Crippen molar-refractivity contribution in [3.63, 3.8) is 0 Å². The van der Waals surface area contributed by atoms with Gasteiger partial charge < -0.3 is 9.84 Å². The van der Waals surface area contributed by atoms with Crippen molar-refractivity contribution in [1.29, 1.82) is 0 Å². The van der Waals surface area contributed by atoms with Crippen LogP contribution in [-0.4, -0.2) is 32.7 Å². The lowest BCUT2D eigenvalue weighted by atomic mass is 9.84. The third kappa shape index (κ3) is 3.57. The molecular weight excluding hydrogens is 240 g/mol. The fourth-order valence-corrected chi connectivity index (χ4v) is 3.03. The molecule has 1 aromatic heterocycles. The zero-order valence-corrected chi connectivity index (χ0v) is 12.5. The van der Waals surface area contributed by atoms with Crippen LogP contribution in [0.1, 0.15) is 58.7 Å². The minimum absolute atomic E-state index is 0.116. The molecule has 108 valence electrons. The summed E-state index contributed by atoms with van der Waals surface area (Å²) in [6, 6.07) is 2.44. The average Bonchev–Trinajstić information content (AvgIpc) is 2.73. The second-order valence-electron chi connectivity index (χ2n) is 6.11. The summed E-state index contributed by atoms with van der Waals surface area (Å²) in [7, 11) is 0. The van der Waals surface area contributed by atoms with Gasteiger partial charge in [-0.05, 0) is 33.3 Å². The maximum Gasteiger partial charge on any atom is 0.0752 e. The smallest absolute Gasteiger partial charge is 0.0752 e. The van der Waals surface area contributed by atoms with Crippen LogP contribution in [0.25, 0.3) is 0 Å². The molecule has 4 nitrogen and oxygen atoms in total. The van der Waals surface area contributed by atoms with E-state index in [0.29, 0.717) is 25.3 Å². The number of hydrogen-bond donors (Lipinski definition) is 1. The molecule has 0 spiro atoms. The fraction of sp³-hybridized carbons (Fsp3) is 0.800. The van der Waals surface area contributed by atoms with Crippen LogP contribution < -0.4 is 0 Å². The minimum Gasteiger partial charge on any atom is -0.389 e. The Kier molecular flexibility index (Phi) is 4.31. The highest BCUT2D eigenvalue weighted by atomic mass is 16.5. The van der Waals surface area contributed by atoms with E-state index in [2.05, 4.69) is 18.9 Å². The zero-order valence-electron chi connectivity index (χ0n) is 12.5. The van der Waals surface area contributed by atoms with Crippen molar-refractivity contribution < 1.29 is 9.84 Å². The van der Waals surface area contributed by atoms with Gasteiger partial charge in [-0.2, -0.15) is 5.10 Å². The first-order valence-electron chi connectivity index (χ1n) is 7.34. The van der Waals surface area contributed by atoms with Crippen LogP contribution in [0, 0.1) is 0 Å². The maximum absolute atomic E-state index is 10.7. The lowest BCUT2D eigenvalue weighted by molar-refractivity contribution is -0.131. The molecule has 1 aromatic rings. The van der Waals surface area contributed by atoms with Crippen LogP contribution >= 0.6 is 0 Å². The first-order chi connectivity index (χ1) is 8.92. The van der Waals surface area contributed by atoms with Crippen molar-refractivity contribution in [3.05, 3.63) is 18.0 Å². The summed E-state index contributed by atoms with van der Waals surface area (Å²) in [6.45, 7) is 8.36. The first kappa shape index (κ1) is 14.5. The molecule has 3 unspecified atom stereocenters. The van der Waals surface area contributed by atoms with E-state index in [-0.39, 0.29) is 12.2 Å². The number of nitrogens with zero attached hydrogens (tertiary/aromatic N) is 2. The number of rotatable bonds is 4. The molecule has 0 radical (unpaired) electrons. The largest absolute Gasteiger partial charge is 0.389 e. The van der Waals surface area contributed by atoms with E-state index in [1.54, 1.807) is 0 Å². The molecule has 0 saturated carbocycles. The van der Waals surface area contributed by atoms with Crippen molar-refractivity contribution in [1.82, 2.24) is 9.78 Å². The Morgan fingerprint density at radius 3 is 2.68 bits per heavy atom. The van der Waals surface area contributed by atoms with E-state index in [0.717, 1.165) is 12.1 Å². The van der Waals surface area contributed by atoms with Gasteiger partial charge in [0.25, 0.3) is 0 Å². The molecule has 2 rings (SSSR count). The van der Waals surface area contributed by atoms with Gasteiger partial charge in [-0.15, -0.1) is 0 Å². The number of ether oxygens (including phenoxy) is 1. The third-order valence-corrected chi connectivity index (χ3v) is 4.02. The van der Waals surface area contributed by atoms with E-state index in [1.807, 2.05) is 30.8 Å². The van der Waals surface area contributed by atoms with Gasteiger partial charge in [0.1, 0.15) is 0 Å². The van der Waals surface area contributed by atoms with Crippen LogP contribution in [0.3, 0.4) is 0 Å².